The molecule has 18 aromatic carbocycles. The van der Waals surface area contributed by atoms with E-state index >= 15 is 0 Å². The third kappa shape index (κ3) is 16.4. The predicted octanol–water partition coefficient (Wildman–Crippen LogP) is 27.0. The van der Waals surface area contributed by atoms with Crippen molar-refractivity contribution in [1.82, 2.24) is 44.9 Å². The standard InChI is InChI=1S/3C41H31N3Si/c1-45(2)37-22-10-9-19-34(37)35-20-12-21-36(38(35)45)41-43-39(31-25-23-30(24-26-31)28-13-5-3-6-14-28)42-40(44-41)33-18-11-17-32(27-33)29-15-7-4-8-16-29;1-45(2)36-18-10-9-16-34(36)38-35(17-11-19-37(38)45)41-43-39(32-24-20-30(21-25-32)28-12-5-3-6-13-28)42-40(44-41)33-26-22-31(23-27-33)29-14-7-4-8-15-29;1-45(2)37-16-10-9-15-35(37)36-27-34(25-26-38(36)45)41-43-39(32-21-17-30(18-22-32)28-11-5-3-6-12-28)42-40(44-41)33-23-19-31(20-24-33)29-13-7-4-8-14-29/h3*3-27H,1-2H3. The van der Waals surface area contributed by atoms with E-state index in [1.165, 1.54) is 92.3 Å². The lowest BCUT2D eigenvalue weighted by Crippen LogP contribution is -2.50. The highest BCUT2D eigenvalue weighted by Gasteiger charge is 2.42. The fourth-order valence-corrected chi connectivity index (χ4v) is 29.4. The van der Waals surface area contributed by atoms with Crippen molar-refractivity contribution in [2.45, 2.75) is 39.3 Å². The van der Waals surface area contributed by atoms with Crippen molar-refractivity contribution in [2.75, 3.05) is 0 Å². The van der Waals surface area contributed by atoms with Gasteiger partial charge in [0.25, 0.3) is 0 Å². The summed E-state index contributed by atoms with van der Waals surface area (Å²) in [5.74, 6) is 6.12. The minimum absolute atomic E-state index is 0.664. The topological polar surface area (TPSA) is 116 Å². The first-order valence-corrected chi connectivity index (χ1v) is 55.1. The van der Waals surface area contributed by atoms with E-state index in [-0.39, 0.29) is 0 Å². The highest BCUT2D eigenvalue weighted by atomic mass is 28.3. The quantitative estimate of drug-likeness (QED) is 0.0925. The van der Waals surface area contributed by atoms with Gasteiger partial charge in [-0.15, -0.1) is 0 Å². The molecule has 21 aromatic rings. The summed E-state index contributed by atoms with van der Waals surface area (Å²) in [4.78, 5) is 46.0. The lowest BCUT2D eigenvalue weighted by molar-refractivity contribution is 1.07. The Morgan fingerprint density at radius 2 is 0.341 bits per heavy atom. The van der Waals surface area contributed by atoms with E-state index in [1.54, 1.807) is 0 Å². The molecule has 24 rings (SSSR count). The van der Waals surface area contributed by atoms with Gasteiger partial charge in [-0.3, -0.25) is 0 Å². The molecular weight excluding hydrogens is 1690 g/mol. The molecule has 642 valence electrons. The zero-order chi connectivity index (χ0) is 91.1. The van der Waals surface area contributed by atoms with Crippen molar-refractivity contribution in [3.05, 3.63) is 455 Å². The normalized spacial score (nSPS) is 12.8. The number of rotatable bonds is 15. The fourth-order valence-electron chi connectivity index (χ4n) is 19.8. The van der Waals surface area contributed by atoms with Crippen LogP contribution >= 0.6 is 0 Å². The van der Waals surface area contributed by atoms with Crippen LogP contribution in [0.2, 0.25) is 39.3 Å². The number of aromatic nitrogens is 9. The number of hydrogen-bond acceptors (Lipinski definition) is 9. The molecule has 12 heteroatoms. The van der Waals surface area contributed by atoms with Crippen LogP contribution in [-0.4, -0.2) is 69.1 Å². The maximum atomic E-state index is 5.21. The molecule has 0 spiro atoms. The second-order valence-corrected chi connectivity index (χ2v) is 49.3. The molecule has 0 fully saturated rings. The van der Waals surface area contributed by atoms with Crippen LogP contribution in [0.5, 0.6) is 0 Å². The second-order valence-electron chi connectivity index (χ2n) is 36.3. The van der Waals surface area contributed by atoms with E-state index in [2.05, 4.69) is 458 Å². The largest absolute Gasteiger partial charge is 0.208 e. The summed E-state index contributed by atoms with van der Waals surface area (Å²) in [5.41, 5.74) is 30.8. The van der Waals surface area contributed by atoms with Crippen molar-refractivity contribution in [1.29, 1.82) is 0 Å². The monoisotopic (exact) mass is 1780 g/mol. The first-order chi connectivity index (χ1) is 66.2. The molecule has 3 aromatic heterocycles. The van der Waals surface area contributed by atoms with Crippen molar-refractivity contribution < 1.29 is 0 Å². The summed E-state index contributed by atoms with van der Waals surface area (Å²) in [7, 11) is -5.60. The average Bonchev–Trinajstić information content (AvgIpc) is 1.54. The summed E-state index contributed by atoms with van der Waals surface area (Å²) < 4.78 is 0. The van der Waals surface area contributed by atoms with Crippen LogP contribution in [0.3, 0.4) is 0 Å². The van der Waals surface area contributed by atoms with Gasteiger partial charge in [0.15, 0.2) is 52.4 Å². The van der Waals surface area contributed by atoms with Crippen LogP contribution in [0.15, 0.2) is 455 Å². The highest BCUT2D eigenvalue weighted by Crippen LogP contribution is 2.41. The molecule has 0 unspecified atom stereocenters. The number of fused-ring (bicyclic) bond motifs is 9. The Kier molecular flexibility index (Phi) is 22.3. The molecule has 0 bridgehead atoms. The average molecular weight is 1780 g/mol. The minimum Gasteiger partial charge on any atom is -0.208 e. The first-order valence-electron chi connectivity index (χ1n) is 46.1. The lowest BCUT2D eigenvalue weighted by Gasteiger charge is -2.22. The number of nitrogens with zero attached hydrogens (tertiary/aromatic N) is 9. The van der Waals surface area contributed by atoms with Gasteiger partial charge in [0, 0.05) is 50.1 Å². The van der Waals surface area contributed by atoms with E-state index in [4.69, 9.17) is 44.9 Å². The Hall–Kier alpha value is -16.4. The maximum absolute atomic E-state index is 5.21. The van der Waals surface area contributed by atoms with E-state index in [0.29, 0.717) is 46.6 Å². The molecular formula is C123H93N9Si3. The SMILES string of the molecule is C[Si]1(C)c2ccccc2-c2c(-c3nc(-c4ccc(-c5ccccc5)cc4)nc(-c4ccc(-c5ccccc5)cc4)n3)cccc21.C[Si]1(C)c2ccccc2-c2cc(-c3nc(-c4ccc(-c5ccccc5)cc4)nc(-c4ccc(-c5ccccc5)cc4)n3)ccc21.C[Si]1(C)c2ccccc2-c2cccc(-c3nc(-c4ccc(-c5ccccc5)cc4)nc(-c4cccc(-c5ccccc5)c4)n3)c21. The number of benzene rings is 18. The highest BCUT2D eigenvalue weighted by molar-refractivity contribution is 7.05. The molecule has 0 atom stereocenters. The van der Waals surface area contributed by atoms with Gasteiger partial charge in [-0.2, -0.15) is 0 Å². The van der Waals surface area contributed by atoms with Crippen LogP contribution < -0.4 is 31.1 Å². The summed E-state index contributed by atoms with van der Waals surface area (Å²) in [6.07, 6.45) is 0. The van der Waals surface area contributed by atoms with Crippen LogP contribution in [0.1, 0.15) is 0 Å². The van der Waals surface area contributed by atoms with Gasteiger partial charge < -0.3 is 0 Å². The molecule has 0 saturated heterocycles. The van der Waals surface area contributed by atoms with Crippen LogP contribution in [0.4, 0.5) is 0 Å². The van der Waals surface area contributed by atoms with E-state index in [9.17, 15) is 0 Å². The fraction of sp³-hybridized carbons (Fsp3) is 0.0488. The van der Waals surface area contributed by atoms with Gasteiger partial charge in [-0.05, 0) is 143 Å². The van der Waals surface area contributed by atoms with Crippen molar-refractivity contribution in [3.63, 3.8) is 0 Å². The van der Waals surface area contributed by atoms with Gasteiger partial charge in [-0.25, -0.2) is 44.9 Å². The van der Waals surface area contributed by atoms with Crippen LogP contribution in [0.25, 0.3) is 203 Å². The van der Waals surface area contributed by atoms with Crippen LogP contribution in [-0.2, 0) is 0 Å². The van der Waals surface area contributed by atoms with Gasteiger partial charge >= 0.3 is 0 Å². The smallest absolute Gasteiger partial charge is 0.164 e. The Morgan fingerprint density at radius 1 is 0.126 bits per heavy atom. The molecule has 6 heterocycles. The Labute approximate surface area is 791 Å². The van der Waals surface area contributed by atoms with Crippen LogP contribution in [0, 0.1) is 0 Å². The Balaban J connectivity index is 0.000000118. The maximum Gasteiger partial charge on any atom is 0.164 e. The molecule has 9 nitrogen and oxygen atoms in total. The molecule has 3 aliphatic heterocycles. The Bertz CT molecular complexity index is 7790. The predicted molar refractivity (Wildman–Crippen MR) is 568 cm³/mol. The van der Waals surface area contributed by atoms with E-state index < -0.39 is 24.2 Å². The van der Waals surface area contributed by atoms with Gasteiger partial charge in [0.05, 0.1) is 0 Å². The molecule has 0 N–H and O–H groups in total. The summed E-state index contributed by atoms with van der Waals surface area (Å²) in [6.45, 7) is 14.6. The lowest BCUT2D eigenvalue weighted by atomic mass is 9.99. The summed E-state index contributed by atoms with van der Waals surface area (Å²) in [6, 6.07) is 160. The third-order valence-corrected chi connectivity index (χ3v) is 37.6. The second kappa shape index (κ2) is 35.7. The number of hydrogen-bond donors (Lipinski definition) is 0. The summed E-state index contributed by atoms with van der Waals surface area (Å²) in [5, 5.41) is 8.72. The van der Waals surface area contributed by atoms with Gasteiger partial charge in [-0.1, -0.05) is 482 Å². The zero-order valence-corrected chi connectivity index (χ0v) is 78.8. The minimum atomic E-state index is -2.00. The molecule has 0 radical (unpaired) electrons. The molecule has 0 aliphatic carbocycles. The molecule has 0 amide bonds. The van der Waals surface area contributed by atoms with Crippen molar-refractivity contribution >= 4 is 55.3 Å². The van der Waals surface area contributed by atoms with Crippen molar-refractivity contribution in [3.8, 4) is 203 Å². The third-order valence-electron chi connectivity index (χ3n) is 26.9. The van der Waals surface area contributed by atoms with Gasteiger partial charge in [0.2, 0.25) is 0 Å². The van der Waals surface area contributed by atoms with Gasteiger partial charge in [0.1, 0.15) is 24.2 Å². The molecule has 0 saturated carbocycles. The van der Waals surface area contributed by atoms with E-state index in [1.807, 2.05) is 36.4 Å². The van der Waals surface area contributed by atoms with Crippen molar-refractivity contribution in [2.24, 2.45) is 0 Å². The first kappa shape index (κ1) is 84.2. The molecule has 135 heavy (non-hydrogen) atoms. The molecule has 3 aliphatic rings. The van der Waals surface area contributed by atoms with E-state index in [0.717, 1.165) is 94.8 Å². The Morgan fingerprint density at radius 3 is 0.733 bits per heavy atom. The summed E-state index contributed by atoms with van der Waals surface area (Å²) >= 11 is 0. The zero-order valence-electron chi connectivity index (χ0n) is 75.8.